The number of ketones is 2. The second-order valence-corrected chi connectivity index (χ2v) is 7.27. The lowest BCUT2D eigenvalue weighted by Crippen LogP contribution is -2.55. The lowest BCUT2D eigenvalue weighted by molar-refractivity contribution is -0.384. The second-order valence-electron chi connectivity index (χ2n) is 7.27. The summed E-state index contributed by atoms with van der Waals surface area (Å²) in [6.45, 7) is 0.758. The van der Waals surface area contributed by atoms with Crippen molar-refractivity contribution in [2.75, 3.05) is 11.4 Å². The maximum absolute atomic E-state index is 13.4. The van der Waals surface area contributed by atoms with Gasteiger partial charge in [-0.15, -0.1) is 0 Å². The summed E-state index contributed by atoms with van der Waals surface area (Å²) in [5.41, 5.74) is 1.44. The van der Waals surface area contributed by atoms with E-state index in [0.717, 1.165) is 25.1 Å². The highest BCUT2D eigenvalue weighted by Gasteiger charge is 2.61. The van der Waals surface area contributed by atoms with E-state index in [1.54, 1.807) is 30.3 Å². The molecule has 1 aliphatic carbocycles. The zero-order chi connectivity index (χ0) is 18.1. The average Bonchev–Trinajstić information content (AvgIpc) is 3.22. The Morgan fingerprint density at radius 3 is 2.42 bits per heavy atom. The van der Waals surface area contributed by atoms with Gasteiger partial charge in [0.05, 0.1) is 4.92 Å². The second kappa shape index (κ2) is 5.00. The molecule has 0 saturated carbocycles. The molecule has 6 nitrogen and oxygen atoms in total. The van der Waals surface area contributed by atoms with Crippen LogP contribution in [0, 0.1) is 15.5 Å². The Balaban J connectivity index is 1.72. The fraction of sp³-hybridized carbons (Fsp3) is 0.300. The summed E-state index contributed by atoms with van der Waals surface area (Å²) < 4.78 is 0. The fourth-order valence-electron chi connectivity index (χ4n) is 5.02. The molecule has 1 saturated heterocycles. The Labute approximate surface area is 149 Å². The van der Waals surface area contributed by atoms with Crippen LogP contribution in [0.4, 0.5) is 11.4 Å². The Bertz CT molecular complexity index is 962. The van der Waals surface area contributed by atoms with Gasteiger partial charge in [-0.05, 0) is 30.9 Å². The van der Waals surface area contributed by atoms with Crippen molar-refractivity contribution in [1.82, 2.24) is 0 Å². The Hall–Kier alpha value is -3.02. The summed E-state index contributed by atoms with van der Waals surface area (Å²) in [7, 11) is 0. The van der Waals surface area contributed by atoms with Gasteiger partial charge in [0.1, 0.15) is 5.41 Å². The van der Waals surface area contributed by atoms with E-state index < -0.39 is 10.3 Å². The van der Waals surface area contributed by atoms with Crippen molar-refractivity contribution >= 4 is 22.9 Å². The standard InChI is InChI=1S/C20H16N2O4/c23-18-14-4-1-2-5-15(14)19(24)20(18)11-12-10-13(22(25)26)7-8-16(12)21-9-3-6-17(20)21/h1-2,4-5,7-8,10,17H,3,6,9,11H2. The molecule has 2 aromatic rings. The molecule has 0 N–H and O–H groups in total. The molecule has 6 heteroatoms. The van der Waals surface area contributed by atoms with E-state index in [1.165, 1.54) is 12.1 Å². The molecule has 1 spiro atoms. The first kappa shape index (κ1) is 15.3. The molecule has 0 bridgehead atoms. The van der Waals surface area contributed by atoms with Gasteiger partial charge in [0.2, 0.25) is 0 Å². The number of hydrogen-bond donors (Lipinski definition) is 0. The molecule has 2 aliphatic heterocycles. The van der Waals surface area contributed by atoms with Crippen molar-refractivity contribution in [3.8, 4) is 0 Å². The Morgan fingerprint density at radius 2 is 1.77 bits per heavy atom. The van der Waals surface area contributed by atoms with Gasteiger partial charge in [0, 0.05) is 41.5 Å². The van der Waals surface area contributed by atoms with Crippen LogP contribution in [0.3, 0.4) is 0 Å². The first-order chi connectivity index (χ1) is 12.5. The molecular formula is C20H16N2O4. The van der Waals surface area contributed by atoms with Crippen molar-refractivity contribution < 1.29 is 14.5 Å². The van der Waals surface area contributed by atoms with Crippen molar-refractivity contribution in [3.05, 3.63) is 69.3 Å². The molecule has 26 heavy (non-hydrogen) atoms. The van der Waals surface area contributed by atoms with Gasteiger partial charge in [0.25, 0.3) is 5.69 Å². The number of hydrogen-bond acceptors (Lipinski definition) is 5. The number of fused-ring (bicyclic) bond motifs is 5. The van der Waals surface area contributed by atoms with Crippen LogP contribution in [-0.4, -0.2) is 29.1 Å². The topological polar surface area (TPSA) is 80.5 Å². The minimum Gasteiger partial charge on any atom is -0.367 e. The number of rotatable bonds is 1. The predicted molar refractivity (Wildman–Crippen MR) is 94.7 cm³/mol. The van der Waals surface area contributed by atoms with E-state index in [1.807, 2.05) is 0 Å². The number of non-ortho nitro benzene ring substituents is 1. The SMILES string of the molecule is O=C1c2ccccc2C(=O)C12Cc1cc([N+](=O)[O-])ccc1N1CCCC12. The van der Waals surface area contributed by atoms with Gasteiger partial charge in [-0.3, -0.25) is 19.7 Å². The van der Waals surface area contributed by atoms with Crippen LogP contribution in [0.2, 0.25) is 0 Å². The summed E-state index contributed by atoms with van der Waals surface area (Å²) in [4.78, 5) is 39.6. The number of carbonyl (C=O) groups excluding carboxylic acids is 2. The maximum atomic E-state index is 13.4. The molecule has 2 aromatic carbocycles. The van der Waals surface area contributed by atoms with E-state index in [9.17, 15) is 19.7 Å². The number of nitro groups is 1. The quantitative estimate of drug-likeness (QED) is 0.449. The van der Waals surface area contributed by atoms with E-state index in [4.69, 9.17) is 0 Å². The summed E-state index contributed by atoms with van der Waals surface area (Å²) in [5, 5.41) is 11.2. The smallest absolute Gasteiger partial charge is 0.269 e. The zero-order valence-electron chi connectivity index (χ0n) is 14.0. The van der Waals surface area contributed by atoms with Gasteiger partial charge < -0.3 is 4.90 Å². The van der Waals surface area contributed by atoms with Crippen LogP contribution in [0.5, 0.6) is 0 Å². The Kier molecular flexibility index (Phi) is 2.93. The summed E-state index contributed by atoms with van der Waals surface area (Å²) in [6, 6.07) is 11.6. The van der Waals surface area contributed by atoms with E-state index >= 15 is 0 Å². The molecule has 1 unspecified atom stereocenters. The summed E-state index contributed by atoms with van der Waals surface area (Å²) in [5.74, 6) is -0.265. The Morgan fingerprint density at radius 1 is 1.08 bits per heavy atom. The molecule has 0 amide bonds. The third-order valence-electron chi connectivity index (χ3n) is 6.10. The van der Waals surface area contributed by atoms with Crippen molar-refractivity contribution in [2.45, 2.75) is 25.3 Å². The van der Waals surface area contributed by atoms with Crippen molar-refractivity contribution in [2.24, 2.45) is 5.41 Å². The van der Waals surface area contributed by atoms with Crippen molar-refractivity contribution in [3.63, 3.8) is 0 Å². The highest BCUT2D eigenvalue weighted by molar-refractivity contribution is 6.30. The minimum absolute atomic E-state index is 0.00745. The van der Waals surface area contributed by atoms with E-state index in [0.29, 0.717) is 16.7 Å². The number of benzene rings is 2. The number of Topliss-reactive ketones (excluding diaryl/α,β-unsaturated/α-hetero) is 2. The van der Waals surface area contributed by atoms with Crippen LogP contribution in [0.1, 0.15) is 39.1 Å². The first-order valence-corrected chi connectivity index (χ1v) is 8.76. The molecule has 130 valence electrons. The third-order valence-corrected chi connectivity index (χ3v) is 6.10. The van der Waals surface area contributed by atoms with Gasteiger partial charge in [0.15, 0.2) is 11.6 Å². The molecule has 2 heterocycles. The summed E-state index contributed by atoms with van der Waals surface area (Å²) >= 11 is 0. The predicted octanol–water partition coefficient (Wildman–Crippen LogP) is 3.19. The molecule has 3 aliphatic rings. The van der Waals surface area contributed by atoms with Crippen LogP contribution < -0.4 is 4.90 Å². The molecular weight excluding hydrogens is 332 g/mol. The lowest BCUT2D eigenvalue weighted by Gasteiger charge is -2.44. The highest BCUT2D eigenvalue weighted by Crippen LogP contribution is 2.52. The first-order valence-electron chi connectivity index (χ1n) is 8.76. The van der Waals surface area contributed by atoms with Crippen LogP contribution in [0.15, 0.2) is 42.5 Å². The van der Waals surface area contributed by atoms with Gasteiger partial charge in [-0.2, -0.15) is 0 Å². The van der Waals surface area contributed by atoms with Gasteiger partial charge >= 0.3 is 0 Å². The third kappa shape index (κ3) is 1.71. The maximum Gasteiger partial charge on any atom is 0.269 e. The number of nitro benzene ring substituents is 1. The van der Waals surface area contributed by atoms with E-state index in [-0.39, 0.29) is 29.7 Å². The molecule has 1 atom stereocenters. The minimum atomic E-state index is -1.15. The largest absolute Gasteiger partial charge is 0.367 e. The van der Waals surface area contributed by atoms with Crippen LogP contribution in [-0.2, 0) is 6.42 Å². The molecule has 0 aromatic heterocycles. The monoisotopic (exact) mass is 348 g/mol. The van der Waals surface area contributed by atoms with Gasteiger partial charge in [-0.1, -0.05) is 24.3 Å². The molecule has 1 fully saturated rings. The number of carbonyl (C=O) groups is 2. The van der Waals surface area contributed by atoms with E-state index in [2.05, 4.69) is 4.90 Å². The molecule has 5 rings (SSSR count). The summed E-state index contributed by atoms with van der Waals surface area (Å²) in [6.07, 6.45) is 1.92. The fourth-order valence-corrected chi connectivity index (χ4v) is 5.02. The average molecular weight is 348 g/mol. The normalized spacial score (nSPS) is 22.3. The van der Waals surface area contributed by atoms with Gasteiger partial charge in [-0.25, -0.2) is 0 Å². The number of nitrogens with zero attached hydrogens (tertiary/aromatic N) is 2. The lowest BCUT2D eigenvalue weighted by atomic mass is 9.68. The highest BCUT2D eigenvalue weighted by atomic mass is 16.6. The zero-order valence-corrected chi connectivity index (χ0v) is 14.0. The molecule has 0 radical (unpaired) electrons. The van der Waals surface area contributed by atoms with Crippen LogP contribution >= 0.6 is 0 Å². The van der Waals surface area contributed by atoms with Crippen molar-refractivity contribution in [1.29, 1.82) is 0 Å². The number of anilines is 1. The van der Waals surface area contributed by atoms with Crippen LogP contribution in [0.25, 0.3) is 0 Å².